The van der Waals surface area contributed by atoms with E-state index in [2.05, 4.69) is 30.1 Å². The Hall–Kier alpha value is -0.970. The molecule has 0 aliphatic heterocycles. The summed E-state index contributed by atoms with van der Waals surface area (Å²) in [7, 11) is 0. The molecule has 10 heteroatoms. The topological polar surface area (TPSA) is 91.3 Å². The smallest absolute Gasteiger partial charge is 0.415 e. The van der Waals surface area contributed by atoms with Gasteiger partial charge in [-0.25, -0.2) is 10.1 Å². The first-order valence-corrected chi connectivity index (χ1v) is 13.0. The third-order valence-electron chi connectivity index (χ3n) is 8.65. The van der Waals surface area contributed by atoms with Gasteiger partial charge in [0.05, 0.1) is 12.5 Å². The lowest BCUT2D eigenvalue weighted by molar-refractivity contribution is -0.433. The average Bonchev–Trinajstić information content (AvgIpc) is 2.74. The second kappa shape index (κ2) is 9.48. The number of esters is 2. The first-order chi connectivity index (χ1) is 15.9. The SMILES string of the molecule is CC(C)(C)C1CCC(C(=O)OC23CC4CC(CC(COC(=O)C(F)(F)SOOO)(C4)C2)C3)CC1. The van der Waals surface area contributed by atoms with E-state index < -0.39 is 34.3 Å². The highest BCUT2D eigenvalue weighted by Crippen LogP contribution is 2.63. The molecule has 1 N–H and O–H groups in total. The number of rotatable bonds is 8. The molecule has 5 aliphatic carbocycles. The van der Waals surface area contributed by atoms with E-state index >= 15 is 0 Å². The van der Waals surface area contributed by atoms with Crippen LogP contribution in [0.25, 0.3) is 0 Å². The minimum absolute atomic E-state index is 0.0788. The first-order valence-electron chi connectivity index (χ1n) is 12.3. The Balaban J connectivity index is 1.37. The van der Waals surface area contributed by atoms with Gasteiger partial charge < -0.3 is 9.47 Å². The lowest BCUT2D eigenvalue weighted by atomic mass is 9.48. The standard InChI is InChI=1S/C24H36F2O7S/c1-21(2,3)18-6-4-17(5-7-18)19(27)31-23-11-15-8-16(12-23)10-22(9-15,13-23)14-30-20(28)24(25,26)34-33-32-29/h15-18,29H,4-14H2,1-3H3. The highest BCUT2D eigenvalue weighted by atomic mass is 32.2. The molecule has 194 valence electrons. The molecular weight excluding hydrogens is 470 g/mol. The third kappa shape index (κ3) is 5.55. The second-order valence-corrected chi connectivity index (χ2v) is 13.1. The molecule has 0 aromatic carbocycles. The van der Waals surface area contributed by atoms with Crippen LogP contribution < -0.4 is 0 Å². The summed E-state index contributed by atoms with van der Waals surface area (Å²) in [5.74, 6) is -0.655. The fourth-order valence-electron chi connectivity index (χ4n) is 7.54. The zero-order valence-electron chi connectivity index (χ0n) is 20.1. The summed E-state index contributed by atoms with van der Waals surface area (Å²) in [6, 6.07) is 0. The zero-order chi connectivity index (χ0) is 24.8. The summed E-state index contributed by atoms with van der Waals surface area (Å²) in [5.41, 5.74) is -0.802. The van der Waals surface area contributed by atoms with Gasteiger partial charge in [-0.3, -0.25) is 4.79 Å². The molecule has 0 saturated heterocycles. The monoisotopic (exact) mass is 506 g/mol. The molecule has 0 radical (unpaired) electrons. The highest BCUT2D eigenvalue weighted by Gasteiger charge is 2.60. The molecule has 2 unspecified atom stereocenters. The maximum absolute atomic E-state index is 13.8. The molecule has 7 nitrogen and oxygen atoms in total. The van der Waals surface area contributed by atoms with Crippen molar-refractivity contribution in [2.24, 2.45) is 34.5 Å². The summed E-state index contributed by atoms with van der Waals surface area (Å²) < 4.78 is 42.7. The molecule has 5 fully saturated rings. The molecule has 0 aromatic heterocycles. The Bertz CT molecular complexity index is 762. The molecule has 4 bridgehead atoms. The van der Waals surface area contributed by atoms with Crippen LogP contribution in [0.1, 0.15) is 85.0 Å². The van der Waals surface area contributed by atoms with Crippen molar-refractivity contribution in [1.29, 1.82) is 0 Å². The van der Waals surface area contributed by atoms with Crippen molar-refractivity contribution in [2.45, 2.75) is 95.8 Å². The average molecular weight is 507 g/mol. The minimum Gasteiger partial charge on any atom is -0.460 e. The van der Waals surface area contributed by atoms with Crippen molar-refractivity contribution in [3.63, 3.8) is 0 Å². The van der Waals surface area contributed by atoms with Crippen LogP contribution in [0.15, 0.2) is 0 Å². The van der Waals surface area contributed by atoms with Gasteiger partial charge in [-0.1, -0.05) is 25.8 Å². The number of hydrogen-bond acceptors (Lipinski definition) is 8. The molecule has 5 rings (SSSR count). The second-order valence-electron chi connectivity index (χ2n) is 12.3. The van der Waals surface area contributed by atoms with Crippen LogP contribution in [0.3, 0.4) is 0 Å². The van der Waals surface area contributed by atoms with E-state index in [-0.39, 0.29) is 23.9 Å². The lowest BCUT2D eigenvalue weighted by Crippen LogP contribution is -2.59. The number of alkyl halides is 2. The normalized spacial score (nSPS) is 37.5. The van der Waals surface area contributed by atoms with Crippen molar-refractivity contribution < 1.29 is 42.5 Å². The molecule has 5 saturated carbocycles. The van der Waals surface area contributed by atoms with Crippen LogP contribution in [-0.4, -0.2) is 34.7 Å². The largest absolute Gasteiger partial charge is 0.460 e. The Labute approximate surface area is 203 Å². The zero-order valence-corrected chi connectivity index (χ0v) is 21.0. The van der Waals surface area contributed by atoms with E-state index in [9.17, 15) is 18.4 Å². The van der Waals surface area contributed by atoms with E-state index in [1.54, 1.807) is 0 Å². The summed E-state index contributed by atoms with van der Waals surface area (Å²) in [5, 5.41) is 7.21. The van der Waals surface area contributed by atoms with Gasteiger partial charge in [0.25, 0.3) is 0 Å². The summed E-state index contributed by atoms with van der Waals surface area (Å²) >= 11 is -0.621. The Morgan fingerprint density at radius 2 is 1.65 bits per heavy atom. The summed E-state index contributed by atoms with van der Waals surface area (Å²) in [4.78, 5) is 25.1. The van der Waals surface area contributed by atoms with Crippen molar-refractivity contribution >= 4 is 24.0 Å². The number of ether oxygens (including phenoxy) is 2. The van der Waals surface area contributed by atoms with Crippen LogP contribution in [0, 0.1) is 34.5 Å². The van der Waals surface area contributed by atoms with E-state index in [4.69, 9.17) is 14.7 Å². The summed E-state index contributed by atoms with van der Waals surface area (Å²) in [6.07, 6.45) is 8.49. The number of halogens is 2. The Morgan fingerprint density at radius 3 is 2.21 bits per heavy atom. The molecule has 0 heterocycles. The third-order valence-corrected chi connectivity index (χ3v) is 9.15. The molecule has 0 aromatic rings. The van der Waals surface area contributed by atoms with Crippen LogP contribution in [0.4, 0.5) is 8.78 Å². The molecule has 2 atom stereocenters. The number of hydrogen-bond donors (Lipinski definition) is 1. The van der Waals surface area contributed by atoms with Gasteiger partial charge in [0, 0.05) is 5.41 Å². The Morgan fingerprint density at radius 1 is 1.03 bits per heavy atom. The van der Waals surface area contributed by atoms with E-state index in [0.29, 0.717) is 24.2 Å². The van der Waals surface area contributed by atoms with Crippen LogP contribution >= 0.6 is 12.0 Å². The van der Waals surface area contributed by atoms with Crippen LogP contribution in [0.5, 0.6) is 0 Å². The van der Waals surface area contributed by atoms with Crippen LogP contribution in [0.2, 0.25) is 0 Å². The fraction of sp³-hybridized carbons (Fsp3) is 0.917. The van der Waals surface area contributed by atoms with E-state index in [1.807, 2.05) is 0 Å². The molecule has 5 aliphatic rings. The lowest BCUT2D eigenvalue weighted by Gasteiger charge is -2.61. The van der Waals surface area contributed by atoms with Crippen molar-refractivity contribution in [1.82, 2.24) is 0 Å². The molecular formula is C24H36F2O7S. The van der Waals surface area contributed by atoms with Gasteiger partial charge in [0.15, 0.2) is 0 Å². The van der Waals surface area contributed by atoms with Crippen molar-refractivity contribution in [3.8, 4) is 0 Å². The van der Waals surface area contributed by atoms with Gasteiger partial charge in [0.1, 0.15) is 17.6 Å². The van der Waals surface area contributed by atoms with Gasteiger partial charge in [-0.2, -0.15) is 8.78 Å². The number of carbonyl (C=O) groups excluding carboxylic acids is 2. The van der Waals surface area contributed by atoms with E-state index in [1.165, 1.54) is 0 Å². The molecule has 0 amide bonds. The van der Waals surface area contributed by atoms with Gasteiger partial charge >= 0.3 is 17.2 Å². The molecule has 0 spiro atoms. The predicted molar refractivity (Wildman–Crippen MR) is 119 cm³/mol. The Kier molecular flexibility index (Phi) is 7.28. The summed E-state index contributed by atoms with van der Waals surface area (Å²) in [6.45, 7) is 6.60. The van der Waals surface area contributed by atoms with Gasteiger partial charge in [0.2, 0.25) is 0 Å². The quantitative estimate of drug-likeness (QED) is 0.188. The predicted octanol–water partition coefficient (Wildman–Crippen LogP) is 5.93. The van der Waals surface area contributed by atoms with Gasteiger partial charge in [-0.15, -0.1) is 4.33 Å². The van der Waals surface area contributed by atoms with Crippen molar-refractivity contribution in [3.05, 3.63) is 0 Å². The molecule has 34 heavy (non-hydrogen) atoms. The minimum atomic E-state index is -4.01. The fourth-order valence-corrected chi connectivity index (χ4v) is 7.78. The van der Waals surface area contributed by atoms with Crippen LogP contribution in [-0.2, 0) is 28.4 Å². The van der Waals surface area contributed by atoms with E-state index in [0.717, 1.165) is 57.8 Å². The number of carbonyl (C=O) groups is 2. The maximum atomic E-state index is 13.8. The first kappa shape index (κ1) is 26.1. The van der Waals surface area contributed by atoms with Crippen molar-refractivity contribution in [2.75, 3.05) is 6.61 Å². The maximum Gasteiger partial charge on any atom is 0.415 e. The van der Waals surface area contributed by atoms with Gasteiger partial charge in [-0.05, 0) is 87.4 Å². The highest BCUT2D eigenvalue weighted by molar-refractivity contribution is 7.96.